The molecule has 1 aliphatic rings. The molecule has 1 N–H and O–H groups in total. The standard InChI is InChI=1S/C28H25N3O3/c32-27(15-10-21-6-2-1-3-7-21)31-18-16-30(17-19-31)24-13-11-23(12-14-24)29-28(33)26-20-22-8-4-5-9-25(22)34-26/h1-15,20H,16-19H2,(H,29,33)/b15-10+. The van der Waals surface area contributed by atoms with Crippen LogP contribution in [0.4, 0.5) is 11.4 Å². The van der Waals surface area contributed by atoms with Gasteiger partial charge in [0.1, 0.15) is 5.58 Å². The van der Waals surface area contributed by atoms with Gasteiger partial charge in [-0.3, -0.25) is 9.59 Å². The van der Waals surface area contributed by atoms with E-state index in [1.54, 1.807) is 12.1 Å². The summed E-state index contributed by atoms with van der Waals surface area (Å²) in [5, 5.41) is 3.79. The lowest BCUT2D eigenvalue weighted by Gasteiger charge is -2.35. The second-order valence-corrected chi connectivity index (χ2v) is 8.21. The SMILES string of the molecule is O=C(Nc1ccc(N2CCN(C(=O)/C=C/c3ccccc3)CC2)cc1)c1cc2ccccc2o1. The van der Waals surface area contributed by atoms with Gasteiger partial charge in [0.05, 0.1) is 0 Å². The number of para-hydroxylation sites is 1. The highest BCUT2D eigenvalue weighted by Gasteiger charge is 2.20. The van der Waals surface area contributed by atoms with Crippen LogP contribution in [0, 0.1) is 0 Å². The average Bonchev–Trinajstić information content (AvgIpc) is 3.33. The van der Waals surface area contributed by atoms with Crippen LogP contribution in [0.2, 0.25) is 0 Å². The van der Waals surface area contributed by atoms with Crippen LogP contribution in [0.1, 0.15) is 16.1 Å². The third-order valence-electron chi connectivity index (χ3n) is 5.95. The molecule has 2 amide bonds. The first kappa shape index (κ1) is 21.5. The number of hydrogen-bond acceptors (Lipinski definition) is 4. The first-order valence-corrected chi connectivity index (χ1v) is 11.3. The predicted octanol–water partition coefficient (Wildman–Crippen LogP) is 5.05. The quantitative estimate of drug-likeness (QED) is 0.432. The molecule has 1 aliphatic heterocycles. The molecule has 1 saturated heterocycles. The summed E-state index contributed by atoms with van der Waals surface area (Å²) in [5.74, 6) is 0.0409. The van der Waals surface area contributed by atoms with E-state index in [9.17, 15) is 9.59 Å². The number of carbonyl (C=O) groups is 2. The molecule has 170 valence electrons. The summed E-state index contributed by atoms with van der Waals surface area (Å²) in [6, 6.07) is 26.9. The third-order valence-corrected chi connectivity index (χ3v) is 5.95. The van der Waals surface area contributed by atoms with Crippen molar-refractivity contribution in [2.45, 2.75) is 0 Å². The minimum Gasteiger partial charge on any atom is -0.451 e. The summed E-state index contributed by atoms with van der Waals surface area (Å²) in [5.41, 5.74) is 3.47. The van der Waals surface area contributed by atoms with E-state index in [0.717, 1.165) is 29.7 Å². The van der Waals surface area contributed by atoms with Crippen molar-refractivity contribution in [1.82, 2.24) is 4.90 Å². The summed E-state index contributed by atoms with van der Waals surface area (Å²) in [4.78, 5) is 29.2. The first-order valence-electron chi connectivity index (χ1n) is 11.3. The highest BCUT2D eigenvalue weighted by atomic mass is 16.3. The maximum absolute atomic E-state index is 12.6. The Bertz CT molecular complexity index is 1290. The number of piperazine rings is 1. The van der Waals surface area contributed by atoms with E-state index in [1.807, 2.05) is 89.8 Å². The van der Waals surface area contributed by atoms with Gasteiger partial charge in [-0.15, -0.1) is 0 Å². The fourth-order valence-corrected chi connectivity index (χ4v) is 4.06. The summed E-state index contributed by atoms with van der Waals surface area (Å²) < 4.78 is 5.64. The van der Waals surface area contributed by atoms with Crippen LogP contribution in [-0.4, -0.2) is 42.9 Å². The van der Waals surface area contributed by atoms with Crippen molar-refractivity contribution in [3.63, 3.8) is 0 Å². The molecule has 5 rings (SSSR count). The van der Waals surface area contributed by atoms with E-state index >= 15 is 0 Å². The number of carbonyl (C=O) groups excluding carboxylic acids is 2. The van der Waals surface area contributed by atoms with Gasteiger partial charge < -0.3 is 19.5 Å². The van der Waals surface area contributed by atoms with Crippen LogP contribution in [0.25, 0.3) is 17.0 Å². The molecule has 2 heterocycles. The molecule has 1 fully saturated rings. The second-order valence-electron chi connectivity index (χ2n) is 8.21. The van der Waals surface area contributed by atoms with Gasteiger partial charge in [0, 0.05) is 49.0 Å². The fraction of sp³-hybridized carbons (Fsp3) is 0.143. The van der Waals surface area contributed by atoms with Crippen LogP contribution in [-0.2, 0) is 4.79 Å². The van der Waals surface area contributed by atoms with Crippen molar-refractivity contribution in [1.29, 1.82) is 0 Å². The molecule has 34 heavy (non-hydrogen) atoms. The maximum Gasteiger partial charge on any atom is 0.291 e. The maximum atomic E-state index is 12.6. The van der Waals surface area contributed by atoms with Gasteiger partial charge in [0.2, 0.25) is 5.91 Å². The van der Waals surface area contributed by atoms with Crippen molar-refractivity contribution < 1.29 is 14.0 Å². The molecule has 6 heteroatoms. The van der Waals surface area contributed by atoms with E-state index in [-0.39, 0.29) is 17.6 Å². The number of anilines is 2. The lowest BCUT2D eigenvalue weighted by atomic mass is 10.2. The second kappa shape index (κ2) is 9.67. The van der Waals surface area contributed by atoms with Crippen LogP contribution in [0.15, 0.2) is 95.4 Å². The van der Waals surface area contributed by atoms with E-state index < -0.39 is 0 Å². The number of fused-ring (bicyclic) bond motifs is 1. The summed E-state index contributed by atoms with van der Waals surface area (Å²) in [7, 11) is 0. The Morgan fingerprint density at radius 1 is 0.824 bits per heavy atom. The molecule has 0 saturated carbocycles. The Hall–Kier alpha value is -4.32. The molecule has 0 spiro atoms. The number of nitrogens with one attached hydrogen (secondary N) is 1. The average molecular weight is 452 g/mol. The van der Waals surface area contributed by atoms with Crippen molar-refractivity contribution >= 4 is 40.2 Å². The molecule has 4 aromatic rings. The Morgan fingerprint density at radius 2 is 1.53 bits per heavy atom. The zero-order valence-electron chi connectivity index (χ0n) is 18.7. The number of benzene rings is 3. The molecule has 0 atom stereocenters. The van der Waals surface area contributed by atoms with Gasteiger partial charge in [0.15, 0.2) is 5.76 Å². The molecular formula is C28H25N3O3. The zero-order valence-corrected chi connectivity index (χ0v) is 18.7. The number of hydrogen-bond donors (Lipinski definition) is 1. The number of rotatable bonds is 5. The largest absolute Gasteiger partial charge is 0.451 e. The van der Waals surface area contributed by atoms with Gasteiger partial charge in [-0.2, -0.15) is 0 Å². The minimum atomic E-state index is -0.278. The summed E-state index contributed by atoms with van der Waals surface area (Å²) >= 11 is 0. The molecule has 0 radical (unpaired) electrons. The van der Waals surface area contributed by atoms with Gasteiger partial charge >= 0.3 is 0 Å². The zero-order chi connectivity index (χ0) is 23.3. The first-order chi connectivity index (χ1) is 16.7. The van der Waals surface area contributed by atoms with Crippen molar-refractivity contribution in [2.24, 2.45) is 0 Å². The van der Waals surface area contributed by atoms with Crippen LogP contribution < -0.4 is 10.2 Å². The molecular weight excluding hydrogens is 426 g/mol. The Labute approximate surface area is 198 Å². The molecule has 3 aromatic carbocycles. The summed E-state index contributed by atoms with van der Waals surface area (Å²) in [6.07, 6.45) is 3.50. The topological polar surface area (TPSA) is 65.8 Å². The fourth-order valence-electron chi connectivity index (χ4n) is 4.06. The van der Waals surface area contributed by atoms with Gasteiger partial charge in [-0.1, -0.05) is 48.5 Å². The molecule has 0 aliphatic carbocycles. The minimum absolute atomic E-state index is 0.0344. The van der Waals surface area contributed by atoms with Crippen LogP contribution in [0.3, 0.4) is 0 Å². The number of furan rings is 1. The highest BCUT2D eigenvalue weighted by Crippen LogP contribution is 2.22. The van der Waals surface area contributed by atoms with Crippen molar-refractivity contribution in [2.75, 3.05) is 36.4 Å². The highest BCUT2D eigenvalue weighted by molar-refractivity contribution is 6.04. The van der Waals surface area contributed by atoms with Gasteiger partial charge in [-0.05, 0) is 48.0 Å². The van der Waals surface area contributed by atoms with Crippen molar-refractivity contribution in [3.05, 3.63) is 102 Å². The Morgan fingerprint density at radius 3 is 2.26 bits per heavy atom. The molecule has 0 bridgehead atoms. The van der Waals surface area contributed by atoms with E-state index in [0.29, 0.717) is 24.4 Å². The Balaban J connectivity index is 1.15. The van der Waals surface area contributed by atoms with E-state index in [2.05, 4.69) is 10.2 Å². The number of nitrogens with zero attached hydrogens (tertiary/aromatic N) is 2. The van der Waals surface area contributed by atoms with Crippen LogP contribution in [0.5, 0.6) is 0 Å². The van der Waals surface area contributed by atoms with Crippen molar-refractivity contribution in [3.8, 4) is 0 Å². The molecule has 0 unspecified atom stereocenters. The number of amides is 2. The van der Waals surface area contributed by atoms with Crippen LogP contribution >= 0.6 is 0 Å². The third kappa shape index (κ3) is 4.86. The molecule has 6 nitrogen and oxygen atoms in total. The van der Waals surface area contributed by atoms with Gasteiger partial charge in [0.25, 0.3) is 5.91 Å². The Kier molecular flexibility index (Phi) is 6.12. The normalized spacial score (nSPS) is 14.0. The predicted molar refractivity (Wildman–Crippen MR) is 135 cm³/mol. The smallest absolute Gasteiger partial charge is 0.291 e. The molecule has 1 aromatic heterocycles. The van der Waals surface area contributed by atoms with E-state index in [1.165, 1.54) is 0 Å². The lowest BCUT2D eigenvalue weighted by Crippen LogP contribution is -2.48. The van der Waals surface area contributed by atoms with E-state index in [4.69, 9.17) is 4.42 Å². The lowest BCUT2D eigenvalue weighted by molar-refractivity contribution is -0.126. The summed E-state index contributed by atoms with van der Waals surface area (Å²) in [6.45, 7) is 2.86. The van der Waals surface area contributed by atoms with Gasteiger partial charge in [-0.25, -0.2) is 0 Å². The monoisotopic (exact) mass is 451 g/mol.